The SMILES string of the molecule is CN(Cc1cccnc1)C(=O)[C@@H]1C[C@H](Oc2ccccc2)CN1c1ccc(C#N)c(C(F)(F)F)c1. The molecule has 0 bridgehead atoms. The van der Waals surface area contributed by atoms with Crippen molar-refractivity contribution in [3.8, 4) is 11.8 Å². The number of aromatic nitrogens is 1. The Hall–Kier alpha value is -4.06. The van der Waals surface area contributed by atoms with Crippen LogP contribution in [0.5, 0.6) is 5.75 Å². The van der Waals surface area contributed by atoms with Gasteiger partial charge in [0.1, 0.15) is 17.9 Å². The van der Waals surface area contributed by atoms with Crippen LogP contribution in [0.15, 0.2) is 73.1 Å². The van der Waals surface area contributed by atoms with Crippen molar-refractivity contribution in [3.05, 3.63) is 89.7 Å². The normalized spacial score (nSPS) is 17.6. The zero-order valence-corrected chi connectivity index (χ0v) is 18.9. The van der Waals surface area contributed by atoms with Gasteiger partial charge in [-0.3, -0.25) is 9.78 Å². The Morgan fingerprint density at radius 3 is 2.63 bits per heavy atom. The first-order valence-corrected chi connectivity index (χ1v) is 11.0. The van der Waals surface area contributed by atoms with Crippen LogP contribution in [0, 0.1) is 11.3 Å². The van der Waals surface area contributed by atoms with Crippen LogP contribution in [0.25, 0.3) is 0 Å². The fourth-order valence-electron chi connectivity index (χ4n) is 4.23. The van der Waals surface area contributed by atoms with Crippen LogP contribution >= 0.6 is 0 Å². The van der Waals surface area contributed by atoms with Crippen LogP contribution in [0.2, 0.25) is 0 Å². The molecule has 4 rings (SSSR count). The van der Waals surface area contributed by atoms with Gasteiger partial charge in [-0.1, -0.05) is 24.3 Å². The summed E-state index contributed by atoms with van der Waals surface area (Å²) >= 11 is 0. The second-order valence-corrected chi connectivity index (χ2v) is 8.35. The standard InChI is InChI=1S/C26H23F3N4O2/c1-32(16-18-6-5-11-31-15-18)25(34)24-13-22(35-21-7-3-2-4-8-21)17-33(24)20-10-9-19(14-30)23(12-20)26(27,28)29/h2-12,15,22,24H,13,16-17H2,1H3/t22-,24-/m0/s1. The van der Waals surface area contributed by atoms with Crippen LogP contribution < -0.4 is 9.64 Å². The Labute approximate surface area is 201 Å². The maximum atomic E-state index is 13.6. The fourth-order valence-corrected chi connectivity index (χ4v) is 4.23. The van der Waals surface area contributed by atoms with Gasteiger partial charge < -0.3 is 14.5 Å². The van der Waals surface area contributed by atoms with Crippen molar-refractivity contribution < 1.29 is 22.7 Å². The highest BCUT2D eigenvalue weighted by molar-refractivity contribution is 5.86. The molecule has 2 aromatic carbocycles. The molecule has 0 aliphatic carbocycles. The summed E-state index contributed by atoms with van der Waals surface area (Å²) in [4.78, 5) is 20.7. The molecule has 1 aromatic heterocycles. The van der Waals surface area contributed by atoms with Gasteiger partial charge in [0, 0.05) is 38.1 Å². The summed E-state index contributed by atoms with van der Waals surface area (Å²) in [5, 5.41) is 9.15. The lowest BCUT2D eigenvalue weighted by atomic mass is 10.1. The lowest BCUT2D eigenvalue weighted by Gasteiger charge is -2.29. The maximum absolute atomic E-state index is 13.6. The van der Waals surface area contributed by atoms with Gasteiger partial charge in [-0.15, -0.1) is 0 Å². The molecule has 35 heavy (non-hydrogen) atoms. The first kappa shape index (κ1) is 24.1. The van der Waals surface area contributed by atoms with E-state index in [2.05, 4.69) is 4.98 Å². The van der Waals surface area contributed by atoms with Crippen molar-refractivity contribution in [2.24, 2.45) is 0 Å². The number of alkyl halides is 3. The van der Waals surface area contributed by atoms with Gasteiger partial charge in [0.25, 0.3) is 0 Å². The third-order valence-corrected chi connectivity index (χ3v) is 5.87. The van der Waals surface area contributed by atoms with E-state index < -0.39 is 29.4 Å². The van der Waals surface area contributed by atoms with Crippen molar-refractivity contribution in [1.29, 1.82) is 5.26 Å². The highest BCUT2D eigenvalue weighted by Crippen LogP contribution is 2.37. The second-order valence-electron chi connectivity index (χ2n) is 8.35. The van der Waals surface area contributed by atoms with Crippen LogP contribution in [-0.2, 0) is 17.5 Å². The van der Waals surface area contributed by atoms with E-state index in [4.69, 9.17) is 10.00 Å². The van der Waals surface area contributed by atoms with E-state index in [1.54, 1.807) is 48.6 Å². The van der Waals surface area contributed by atoms with E-state index in [1.165, 1.54) is 11.0 Å². The lowest BCUT2D eigenvalue weighted by molar-refractivity contribution is -0.137. The molecule has 0 radical (unpaired) electrons. The predicted octanol–water partition coefficient (Wildman–Crippen LogP) is 4.66. The highest BCUT2D eigenvalue weighted by Gasteiger charge is 2.41. The largest absolute Gasteiger partial charge is 0.488 e. The molecular weight excluding hydrogens is 457 g/mol. The van der Waals surface area contributed by atoms with Crippen LogP contribution in [0.1, 0.15) is 23.1 Å². The predicted molar refractivity (Wildman–Crippen MR) is 123 cm³/mol. The van der Waals surface area contributed by atoms with E-state index in [1.807, 2.05) is 24.3 Å². The molecule has 180 valence electrons. The van der Waals surface area contributed by atoms with Crippen LogP contribution in [0.4, 0.5) is 18.9 Å². The number of carbonyl (C=O) groups is 1. The molecule has 2 atom stereocenters. The average molecular weight is 480 g/mol. The molecule has 9 heteroatoms. The van der Waals surface area contributed by atoms with Crippen molar-refractivity contribution in [1.82, 2.24) is 9.88 Å². The number of likely N-dealkylation sites (N-methyl/N-ethyl adjacent to an activating group) is 1. The number of carbonyl (C=O) groups excluding carboxylic acids is 1. The molecule has 6 nitrogen and oxygen atoms in total. The maximum Gasteiger partial charge on any atom is 0.417 e. The summed E-state index contributed by atoms with van der Waals surface area (Å²) in [6, 6.07) is 17.1. The molecule has 2 heterocycles. The number of pyridine rings is 1. The number of rotatable bonds is 6. The Morgan fingerprint density at radius 2 is 1.97 bits per heavy atom. The first-order valence-electron chi connectivity index (χ1n) is 11.0. The molecule has 3 aromatic rings. The zero-order valence-electron chi connectivity index (χ0n) is 18.9. The van der Waals surface area contributed by atoms with E-state index in [0.717, 1.165) is 17.7 Å². The fraction of sp³-hybridized carbons (Fsp3) is 0.269. The Balaban J connectivity index is 1.64. The van der Waals surface area contributed by atoms with E-state index >= 15 is 0 Å². The van der Waals surface area contributed by atoms with Gasteiger partial charge in [-0.2, -0.15) is 18.4 Å². The molecule has 1 fully saturated rings. The van der Waals surface area contributed by atoms with Gasteiger partial charge in [-0.25, -0.2) is 0 Å². The Kier molecular flexibility index (Phi) is 6.92. The number of anilines is 1. The molecule has 1 aliphatic heterocycles. The van der Waals surface area contributed by atoms with Crippen molar-refractivity contribution in [2.45, 2.75) is 31.3 Å². The summed E-state index contributed by atoms with van der Waals surface area (Å²) in [5.74, 6) is 0.371. The van der Waals surface area contributed by atoms with E-state index in [-0.39, 0.29) is 18.1 Å². The first-order chi connectivity index (χ1) is 16.8. The molecule has 1 aliphatic rings. The zero-order chi connectivity index (χ0) is 25.0. The van der Waals surface area contributed by atoms with Crippen molar-refractivity contribution in [2.75, 3.05) is 18.5 Å². The average Bonchev–Trinajstić information content (AvgIpc) is 3.27. The summed E-state index contributed by atoms with van der Waals surface area (Å²) < 4.78 is 46.9. The molecule has 0 saturated carbocycles. The highest BCUT2D eigenvalue weighted by atomic mass is 19.4. The van der Waals surface area contributed by atoms with Crippen molar-refractivity contribution in [3.63, 3.8) is 0 Å². The van der Waals surface area contributed by atoms with Gasteiger partial charge in [0.2, 0.25) is 5.91 Å². The number of nitrogens with zero attached hydrogens (tertiary/aromatic N) is 4. The van der Waals surface area contributed by atoms with E-state index in [0.29, 0.717) is 18.7 Å². The summed E-state index contributed by atoms with van der Waals surface area (Å²) in [6.07, 6.45) is -1.51. The molecule has 0 unspecified atom stereocenters. The molecule has 0 N–H and O–H groups in total. The smallest absolute Gasteiger partial charge is 0.417 e. The van der Waals surface area contributed by atoms with Crippen LogP contribution in [-0.4, -0.2) is 41.5 Å². The van der Waals surface area contributed by atoms with E-state index in [9.17, 15) is 18.0 Å². The van der Waals surface area contributed by atoms with Crippen molar-refractivity contribution >= 4 is 11.6 Å². The lowest BCUT2D eigenvalue weighted by Crippen LogP contribution is -2.44. The van der Waals surface area contributed by atoms with Gasteiger partial charge >= 0.3 is 6.18 Å². The monoisotopic (exact) mass is 480 g/mol. The topological polar surface area (TPSA) is 69.5 Å². The number of amides is 1. The third-order valence-electron chi connectivity index (χ3n) is 5.87. The summed E-state index contributed by atoms with van der Waals surface area (Å²) in [7, 11) is 1.65. The minimum atomic E-state index is -4.70. The molecule has 1 amide bonds. The number of para-hydroxylation sites is 1. The molecule has 0 spiro atoms. The number of hydrogen-bond donors (Lipinski definition) is 0. The Morgan fingerprint density at radius 1 is 1.20 bits per heavy atom. The number of nitriles is 1. The van der Waals surface area contributed by atoms with Gasteiger partial charge in [-0.05, 0) is 42.0 Å². The summed E-state index contributed by atoms with van der Waals surface area (Å²) in [5.41, 5.74) is -0.444. The number of halogens is 3. The van der Waals surface area contributed by atoms with Gasteiger partial charge in [0.05, 0.1) is 23.7 Å². The number of hydrogen-bond acceptors (Lipinski definition) is 5. The minimum Gasteiger partial charge on any atom is -0.488 e. The van der Waals surface area contributed by atoms with Crippen LogP contribution in [0.3, 0.4) is 0 Å². The third kappa shape index (κ3) is 5.54. The van der Waals surface area contributed by atoms with Gasteiger partial charge in [0.15, 0.2) is 0 Å². The number of ether oxygens (including phenoxy) is 1. The number of benzene rings is 2. The Bertz CT molecular complexity index is 1210. The summed E-state index contributed by atoms with van der Waals surface area (Å²) in [6.45, 7) is 0.525. The second kappa shape index (κ2) is 10.1. The molecular formula is C26H23F3N4O2. The molecule has 1 saturated heterocycles. The minimum absolute atomic E-state index is 0.212. The quantitative estimate of drug-likeness (QED) is 0.514.